The molecule has 0 amide bonds. The number of nitrogen functional groups attached to an aromatic ring is 1. The van der Waals surface area contributed by atoms with Gasteiger partial charge in [-0.25, -0.2) is 0 Å². The first-order valence-electron chi connectivity index (χ1n) is 5.97. The highest BCUT2D eigenvalue weighted by molar-refractivity contribution is 6.30. The van der Waals surface area contributed by atoms with Gasteiger partial charge in [0.2, 0.25) is 0 Å². The summed E-state index contributed by atoms with van der Waals surface area (Å²) in [6.07, 6.45) is 0.826. The second-order valence-electron chi connectivity index (χ2n) is 4.30. The first-order valence-corrected chi connectivity index (χ1v) is 6.34. The number of hydrogen-bond donors (Lipinski definition) is 2. The van der Waals surface area contributed by atoms with E-state index in [-0.39, 0.29) is 6.04 Å². The van der Waals surface area contributed by atoms with E-state index in [4.69, 9.17) is 17.3 Å². The van der Waals surface area contributed by atoms with Gasteiger partial charge in [-0.1, -0.05) is 41.9 Å². The third kappa shape index (κ3) is 3.03. The van der Waals surface area contributed by atoms with Crippen LogP contribution >= 0.6 is 11.6 Å². The summed E-state index contributed by atoms with van der Waals surface area (Å²) in [5.41, 5.74) is 9.10. The van der Waals surface area contributed by atoms with Gasteiger partial charge >= 0.3 is 0 Å². The highest BCUT2D eigenvalue weighted by atomic mass is 35.5. The lowest BCUT2D eigenvalue weighted by molar-refractivity contribution is 0.593. The molecular weight excluding hydrogens is 244 g/mol. The molecule has 0 spiro atoms. The zero-order valence-corrected chi connectivity index (χ0v) is 11.1. The summed E-state index contributed by atoms with van der Waals surface area (Å²) in [4.78, 5) is 0. The molecule has 0 aromatic heterocycles. The number of rotatable bonds is 4. The van der Waals surface area contributed by atoms with E-state index < -0.39 is 0 Å². The predicted octanol–water partition coefficient (Wildman–Crippen LogP) is 3.43. The molecule has 0 heterocycles. The maximum atomic E-state index is 6.01. The van der Waals surface area contributed by atoms with Gasteiger partial charge in [0.05, 0.1) is 0 Å². The molecule has 18 heavy (non-hydrogen) atoms. The van der Waals surface area contributed by atoms with E-state index in [0.717, 1.165) is 22.7 Å². The molecule has 0 saturated heterocycles. The quantitative estimate of drug-likeness (QED) is 0.827. The maximum absolute atomic E-state index is 6.01. The van der Waals surface area contributed by atoms with Crippen molar-refractivity contribution in [1.29, 1.82) is 0 Å². The van der Waals surface area contributed by atoms with Gasteiger partial charge in [0, 0.05) is 16.8 Å². The average Bonchev–Trinajstić information content (AvgIpc) is 2.41. The van der Waals surface area contributed by atoms with Gasteiger partial charge in [-0.3, -0.25) is 0 Å². The van der Waals surface area contributed by atoms with Crippen LogP contribution in [0.3, 0.4) is 0 Å². The van der Waals surface area contributed by atoms with Gasteiger partial charge in [-0.05, 0) is 42.8 Å². The Morgan fingerprint density at radius 2 is 1.89 bits per heavy atom. The largest absolute Gasteiger partial charge is 0.399 e. The lowest BCUT2D eigenvalue weighted by atomic mass is 9.98. The molecule has 94 valence electrons. The molecular formula is C15H17ClN2. The van der Waals surface area contributed by atoms with Gasteiger partial charge in [0.25, 0.3) is 0 Å². The van der Waals surface area contributed by atoms with E-state index in [1.165, 1.54) is 5.56 Å². The second-order valence-corrected chi connectivity index (χ2v) is 4.74. The summed E-state index contributed by atoms with van der Waals surface area (Å²) in [7, 11) is 1.96. The van der Waals surface area contributed by atoms with Crippen LogP contribution < -0.4 is 11.1 Å². The van der Waals surface area contributed by atoms with Crippen LogP contribution in [0, 0.1) is 0 Å². The molecule has 1 atom stereocenters. The molecule has 0 aliphatic carbocycles. The molecule has 0 radical (unpaired) electrons. The maximum Gasteiger partial charge on any atom is 0.0410 e. The smallest absolute Gasteiger partial charge is 0.0410 e. The molecule has 0 bridgehead atoms. The number of benzene rings is 2. The molecule has 2 aromatic carbocycles. The molecule has 3 heteroatoms. The molecule has 0 saturated carbocycles. The standard InChI is InChI=1S/C15H17ClN2/c1-18-15(11-5-3-2-4-6-11)10-12-9-13(16)7-8-14(12)17/h2-9,15,18H,10,17H2,1H3. The van der Waals surface area contributed by atoms with Crippen LogP contribution in [-0.2, 0) is 6.42 Å². The molecule has 3 N–H and O–H groups in total. The minimum Gasteiger partial charge on any atom is -0.399 e. The van der Waals surface area contributed by atoms with Gasteiger partial charge in [-0.15, -0.1) is 0 Å². The van der Waals surface area contributed by atoms with Crippen molar-refractivity contribution in [2.24, 2.45) is 0 Å². The number of halogens is 1. The zero-order chi connectivity index (χ0) is 13.0. The van der Waals surface area contributed by atoms with Crippen LogP contribution in [0.4, 0.5) is 5.69 Å². The van der Waals surface area contributed by atoms with E-state index in [1.54, 1.807) is 0 Å². The Bertz CT molecular complexity index is 511. The lowest BCUT2D eigenvalue weighted by Crippen LogP contribution is -2.19. The fourth-order valence-electron chi connectivity index (χ4n) is 2.04. The summed E-state index contributed by atoms with van der Waals surface area (Å²) in [6, 6.07) is 16.2. The van der Waals surface area contributed by atoms with Crippen molar-refractivity contribution >= 4 is 17.3 Å². The summed E-state index contributed by atoms with van der Waals surface area (Å²) in [5, 5.41) is 4.04. The van der Waals surface area contributed by atoms with Crippen molar-refractivity contribution in [1.82, 2.24) is 5.32 Å². The van der Waals surface area contributed by atoms with E-state index in [0.29, 0.717) is 0 Å². The first kappa shape index (κ1) is 12.9. The first-order chi connectivity index (χ1) is 8.70. The molecule has 2 aromatic rings. The van der Waals surface area contributed by atoms with Crippen LogP contribution in [0.15, 0.2) is 48.5 Å². The average molecular weight is 261 g/mol. The van der Waals surface area contributed by atoms with Crippen molar-refractivity contribution < 1.29 is 0 Å². The van der Waals surface area contributed by atoms with Crippen LogP contribution in [0.5, 0.6) is 0 Å². The molecule has 1 unspecified atom stereocenters. The lowest BCUT2D eigenvalue weighted by Gasteiger charge is -2.18. The number of nitrogens with two attached hydrogens (primary N) is 1. The van der Waals surface area contributed by atoms with Crippen molar-refractivity contribution in [3.63, 3.8) is 0 Å². The molecule has 0 aliphatic heterocycles. The molecule has 2 nitrogen and oxygen atoms in total. The van der Waals surface area contributed by atoms with Gasteiger partial charge in [0.15, 0.2) is 0 Å². The SMILES string of the molecule is CNC(Cc1cc(Cl)ccc1N)c1ccccc1. The minimum atomic E-state index is 0.243. The Balaban J connectivity index is 2.23. The van der Waals surface area contributed by atoms with Crippen LogP contribution in [-0.4, -0.2) is 7.05 Å². The fourth-order valence-corrected chi connectivity index (χ4v) is 2.24. The molecule has 0 fully saturated rings. The topological polar surface area (TPSA) is 38.0 Å². The van der Waals surface area contributed by atoms with Crippen molar-refractivity contribution in [3.8, 4) is 0 Å². The summed E-state index contributed by atoms with van der Waals surface area (Å²) in [6.45, 7) is 0. The van der Waals surface area contributed by atoms with E-state index in [2.05, 4.69) is 17.4 Å². The number of anilines is 1. The van der Waals surface area contributed by atoms with Gasteiger partial charge in [0.1, 0.15) is 0 Å². The number of hydrogen-bond acceptors (Lipinski definition) is 2. The summed E-state index contributed by atoms with van der Waals surface area (Å²) >= 11 is 6.01. The Morgan fingerprint density at radius 3 is 2.56 bits per heavy atom. The Morgan fingerprint density at radius 1 is 1.17 bits per heavy atom. The number of likely N-dealkylation sites (N-methyl/N-ethyl adjacent to an activating group) is 1. The van der Waals surface area contributed by atoms with Gasteiger partial charge < -0.3 is 11.1 Å². The highest BCUT2D eigenvalue weighted by Gasteiger charge is 2.11. The third-order valence-corrected chi connectivity index (χ3v) is 3.31. The molecule has 0 aliphatic rings. The van der Waals surface area contributed by atoms with Gasteiger partial charge in [-0.2, -0.15) is 0 Å². The van der Waals surface area contributed by atoms with E-state index >= 15 is 0 Å². The van der Waals surface area contributed by atoms with E-state index in [9.17, 15) is 0 Å². The van der Waals surface area contributed by atoms with Crippen molar-refractivity contribution in [2.45, 2.75) is 12.5 Å². The van der Waals surface area contributed by atoms with Crippen molar-refractivity contribution in [2.75, 3.05) is 12.8 Å². The monoisotopic (exact) mass is 260 g/mol. The number of nitrogens with one attached hydrogen (secondary N) is 1. The summed E-state index contributed by atoms with van der Waals surface area (Å²) in [5.74, 6) is 0. The zero-order valence-electron chi connectivity index (χ0n) is 10.4. The van der Waals surface area contributed by atoms with E-state index in [1.807, 2.05) is 43.4 Å². The molecule has 2 rings (SSSR count). The predicted molar refractivity (Wildman–Crippen MR) is 77.8 cm³/mol. The Hall–Kier alpha value is -1.51. The minimum absolute atomic E-state index is 0.243. The normalized spacial score (nSPS) is 12.3. The fraction of sp³-hybridized carbons (Fsp3) is 0.200. The Labute approximate surface area is 113 Å². The highest BCUT2D eigenvalue weighted by Crippen LogP contribution is 2.24. The third-order valence-electron chi connectivity index (χ3n) is 3.08. The van der Waals surface area contributed by atoms with Crippen LogP contribution in [0.25, 0.3) is 0 Å². The summed E-state index contributed by atoms with van der Waals surface area (Å²) < 4.78 is 0. The van der Waals surface area contributed by atoms with Crippen LogP contribution in [0.1, 0.15) is 17.2 Å². The second kappa shape index (κ2) is 5.89. The van der Waals surface area contributed by atoms with Crippen molar-refractivity contribution in [3.05, 3.63) is 64.7 Å². The van der Waals surface area contributed by atoms with Crippen LogP contribution in [0.2, 0.25) is 5.02 Å². The Kier molecular flexibility index (Phi) is 4.24.